The van der Waals surface area contributed by atoms with Crippen LogP contribution in [0.4, 0.5) is 0 Å². The van der Waals surface area contributed by atoms with Crippen molar-refractivity contribution in [2.24, 2.45) is 0 Å². The normalized spacial score (nSPS) is 8.43. The van der Waals surface area contributed by atoms with Crippen LogP contribution in [-0.2, 0) is 32.7 Å². The van der Waals surface area contributed by atoms with E-state index in [1.54, 1.807) is 18.5 Å². The Balaban J connectivity index is -0.000000134. The Bertz CT molecular complexity index is 539. The smallest absolute Gasteiger partial charge is 0.266 e. The Morgan fingerprint density at radius 2 is 1.52 bits per heavy atom. The van der Waals surface area contributed by atoms with Gasteiger partial charge in [0.1, 0.15) is 0 Å². The van der Waals surface area contributed by atoms with Gasteiger partial charge in [-0.3, -0.25) is 9.78 Å². The second kappa shape index (κ2) is 16.0. The van der Waals surface area contributed by atoms with Gasteiger partial charge in [-0.25, -0.2) is 4.68 Å². The largest absolute Gasteiger partial charge is 0.268 e. The zero-order chi connectivity index (χ0) is 14.3. The summed E-state index contributed by atoms with van der Waals surface area (Å²) in [6, 6.07) is 7.36. The molecule has 0 unspecified atom stereocenters. The second-order valence-corrected chi connectivity index (χ2v) is 4.84. The van der Waals surface area contributed by atoms with E-state index in [-0.39, 0.29) is 66.6 Å². The van der Waals surface area contributed by atoms with E-state index in [2.05, 4.69) is 30.0 Å². The molecule has 0 saturated heterocycles. The van der Waals surface area contributed by atoms with Crippen LogP contribution in [0.5, 0.6) is 0 Å². The number of hydrogen-bond acceptors (Lipinski definition) is 3. The van der Waals surface area contributed by atoms with E-state index in [0.29, 0.717) is 5.92 Å². The van der Waals surface area contributed by atoms with Gasteiger partial charge in [0, 0.05) is 57.4 Å². The molecule has 0 N–H and O–H groups in total. The first-order valence-corrected chi connectivity index (χ1v) is 6.46. The third-order valence-electron chi connectivity index (χ3n) is 2.58. The Labute approximate surface area is 167 Å². The molecule has 0 aliphatic carbocycles. The molecule has 2 heterocycles. The SMILES string of the molecule is C.C.C.CC(C)c1cccnc1.CC(C)n1ncccc1=O.[Y]. The van der Waals surface area contributed by atoms with Crippen LogP contribution < -0.4 is 5.56 Å². The Morgan fingerprint density at radius 3 is 1.83 bits per heavy atom. The zero-order valence-corrected chi connectivity index (χ0v) is 15.4. The van der Waals surface area contributed by atoms with Crippen molar-refractivity contribution in [1.82, 2.24) is 14.8 Å². The Hall–Kier alpha value is -0.866. The summed E-state index contributed by atoms with van der Waals surface area (Å²) in [6.45, 7) is 8.18. The third kappa shape index (κ3) is 11.3. The molecule has 0 bridgehead atoms. The summed E-state index contributed by atoms with van der Waals surface area (Å²) in [6.07, 6.45) is 5.32. The van der Waals surface area contributed by atoms with Crippen molar-refractivity contribution in [3.63, 3.8) is 0 Å². The van der Waals surface area contributed by atoms with Crippen molar-refractivity contribution < 1.29 is 32.7 Å². The maximum atomic E-state index is 11.0. The van der Waals surface area contributed by atoms with E-state index in [0.717, 1.165) is 0 Å². The fourth-order valence-corrected chi connectivity index (χ4v) is 1.47. The van der Waals surface area contributed by atoms with Crippen LogP contribution in [0, 0.1) is 0 Å². The molecular formula is C18H33N3OY. The molecule has 0 aromatic carbocycles. The van der Waals surface area contributed by atoms with E-state index >= 15 is 0 Å². The molecule has 0 amide bonds. The van der Waals surface area contributed by atoms with E-state index in [1.807, 2.05) is 26.1 Å². The molecule has 4 nitrogen and oxygen atoms in total. The van der Waals surface area contributed by atoms with Crippen molar-refractivity contribution >= 4 is 0 Å². The molecule has 0 aliphatic heterocycles. The quantitative estimate of drug-likeness (QED) is 0.723. The maximum Gasteiger partial charge on any atom is 0.266 e. The summed E-state index contributed by atoms with van der Waals surface area (Å²) >= 11 is 0. The van der Waals surface area contributed by atoms with Crippen molar-refractivity contribution in [3.05, 3.63) is 58.8 Å². The van der Waals surface area contributed by atoms with Gasteiger partial charge in [-0.05, 0) is 37.5 Å². The van der Waals surface area contributed by atoms with E-state index in [4.69, 9.17) is 0 Å². The molecule has 2 aromatic heterocycles. The van der Waals surface area contributed by atoms with Crippen LogP contribution in [0.15, 0.2) is 47.7 Å². The first-order chi connectivity index (χ1) is 9.02. The van der Waals surface area contributed by atoms with Crippen LogP contribution >= 0.6 is 0 Å². The topological polar surface area (TPSA) is 47.8 Å². The van der Waals surface area contributed by atoms with Gasteiger partial charge in [0.05, 0.1) is 6.04 Å². The predicted octanol–water partition coefficient (Wildman–Crippen LogP) is 4.94. The third-order valence-corrected chi connectivity index (χ3v) is 2.58. The van der Waals surface area contributed by atoms with E-state index in [1.165, 1.54) is 16.3 Å². The average Bonchev–Trinajstić information content (AvgIpc) is 2.40. The van der Waals surface area contributed by atoms with Gasteiger partial charge in [-0.15, -0.1) is 0 Å². The Morgan fingerprint density at radius 1 is 0.957 bits per heavy atom. The molecule has 129 valence electrons. The summed E-state index contributed by atoms with van der Waals surface area (Å²) < 4.78 is 1.44. The van der Waals surface area contributed by atoms with Crippen molar-refractivity contribution in [2.45, 2.75) is 61.9 Å². The molecule has 2 rings (SSSR count). The minimum Gasteiger partial charge on any atom is -0.268 e. The van der Waals surface area contributed by atoms with Gasteiger partial charge in [0.2, 0.25) is 0 Å². The molecule has 5 heteroatoms. The fraction of sp³-hybridized carbons (Fsp3) is 0.500. The molecule has 0 atom stereocenters. The van der Waals surface area contributed by atoms with Gasteiger partial charge >= 0.3 is 0 Å². The van der Waals surface area contributed by atoms with Gasteiger partial charge < -0.3 is 0 Å². The number of rotatable bonds is 2. The Kier molecular flexibility index (Phi) is 20.9. The molecule has 2 aromatic rings. The molecule has 0 aliphatic rings. The van der Waals surface area contributed by atoms with Crippen molar-refractivity contribution in [3.8, 4) is 0 Å². The minimum atomic E-state index is -0.0440. The standard InChI is InChI=1S/C8H11N.C7H10N2O.3CH4.Y/c1-7(2)8-4-3-5-9-6-8;1-6(2)9-7(10)4-3-5-8-9;;;;/h3-7H,1-2H3;3-6H,1-2H3;3*1H4;. The second-order valence-electron chi connectivity index (χ2n) is 4.84. The fourth-order valence-electron chi connectivity index (χ4n) is 1.47. The first-order valence-electron chi connectivity index (χ1n) is 6.46. The van der Waals surface area contributed by atoms with Crippen LogP contribution in [0.3, 0.4) is 0 Å². The van der Waals surface area contributed by atoms with Crippen molar-refractivity contribution in [2.75, 3.05) is 0 Å². The predicted molar refractivity (Wildman–Crippen MR) is 97.4 cm³/mol. The van der Waals surface area contributed by atoms with Crippen molar-refractivity contribution in [1.29, 1.82) is 0 Å². The monoisotopic (exact) mass is 396 g/mol. The van der Waals surface area contributed by atoms with Crippen LogP contribution in [0.2, 0.25) is 0 Å². The van der Waals surface area contributed by atoms with E-state index in [9.17, 15) is 4.79 Å². The van der Waals surface area contributed by atoms with Gasteiger partial charge in [-0.2, -0.15) is 5.10 Å². The molecule has 23 heavy (non-hydrogen) atoms. The van der Waals surface area contributed by atoms with Gasteiger partial charge in [0.15, 0.2) is 0 Å². The number of nitrogens with zero attached hydrogens (tertiary/aromatic N) is 3. The summed E-state index contributed by atoms with van der Waals surface area (Å²) in [4.78, 5) is 15.0. The van der Waals surface area contributed by atoms with E-state index < -0.39 is 0 Å². The molecule has 0 spiro atoms. The van der Waals surface area contributed by atoms with Crippen LogP contribution in [0.25, 0.3) is 0 Å². The molecule has 0 saturated carbocycles. The number of aromatic nitrogens is 3. The van der Waals surface area contributed by atoms with Crippen LogP contribution in [-0.4, -0.2) is 14.8 Å². The molecule has 0 fully saturated rings. The molecular weight excluding hydrogens is 363 g/mol. The summed E-state index contributed by atoms with van der Waals surface area (Å²) in [7, 11) is 0. The summed E-state index contributed by atoms with van der Waals surface area (Å²) in [5, 5.41) is 3.88. The van der Waals surface area contributed by atoms with Crippen LogP contribution in [0.1, 0.15) is 67.5 Å². The minimum absolute atomic E-state index is 0. The molecule has 1 radical (unpaired) electrons. The first kappa shape index (κ1) is 30.1. The average molecular weight is 396 g/mol. The maximum absolute atomic E-state index is 11.0. The number of pyridine rings is 1. The zero-order valence-electron chi connectivity index (χ0n) is 12.5. The number of hydrogen-bond donors (Lipinski definition) is 0. The summed E-state index contributed by atoms with van der Waals surface area (Å²) in [5.41, 5.74) is 1.26. The van der Waals surface area contributed by atoms with Gasteiger partial charge in [0.25, 0.3) is 5.56 Å². The summed E-state index contributed by atoms with van der Waals surface area (Å²) in [5.74, 6) is 0.596. The van der Waals surface area contributed by atoms with Gasteiger partial charge in [-0.1, -0.05) is 42.2 Å².